The van der Waals surface area contributed by atoms with Crippen molar-refractivity contribution in [3.63, 3.8) is 0 Å². The maximum Gasteiger partial charge on any atom is 0.402 e. The average Bonchev–Trinajstić information content (AvgIpc) is 2.10. The van der Waals surface area contributed by atoms with Crippen molar-refractivity contribution in [2.24, 2.45) is 0 Å². The Bertz CT molecular complexity index is 288. The number of rotatable bonds is 7. The SMILES string of the molecule is CCCCN(CC(F)(F)F)S(=O)(=O)CCC. The molecule has 0 fully saturated rings. The van der Waals surface area contributed by atoms with Crippen LogP contribution in [0, 0.1) is 0 Å². The molecule has 0 saturated carbocycles. The van der Waals surface area contributed by atoms with Gasteiger partial charge in [-0.1, -0.05) is 20.3 Å². The number of hydrogen-bond acceptors (Lipinski definition) is 2. The summed E-state index contributed by atoms with van der Waals surface area (Å²) in [7, 11) is -3.76. The first-order chi connectivity index (χ1) is 7.23. The van der Waals surface area contributed by atoms with Crippen LogP contribution in [0.5, 0.6) is 0 Å². The van der Waals surface area contributed by atoms with Crippen molar-refractivity contribution < 1.29 is 21.6 Å². The zero-order chi connectivity index (χ0) is 12.8. The van der Waals surface area contributed by atoms with Gasteiger partial charge in [0.1, 0.15) is 6.54 Å². The molecule has 0 aliphatic rings. The number of halogens is 3. The number of sulfonamides is 1. The van der Waals surface area contributed by atoms with Crippen molar-refractivity contribution in [1.29, 1.82) is 0 Å². The Morgan fingerprint density at radius 1 is 1.12 bits per heavy atom. The normalized spacial score (nSPS) is 13.4. The maximum atomic E-state index is 12.2. The molecular formula is C9H18F3NO2S. The smallest absolute Gasteiger partial charge is 0.212 e. The van der Waals surface area contributed by atoms with E-state index in [1.807, 2.05) is 0 Å². The van der Waals surface area contributed by atoms with Gasteiger partial charge in [0.15, 0.2) is 0 Å². The van der Waals surface area contributed by atoms with Gasteiger partial charge in [-0.3, -0.25) is 0 Å². The molecular weight excluding hydrogens is 243 g/mol. The lowest BCUT2D eigenvalue weighted by Crippen LogP contribution is -2.40. The largest absolute Gasteiger partial charge is 0.402 e. The highest BCUT2D eigenvalue weighted by molar-refractivity contribution is 7.89. The second-order valence-corrected chi connectivity index (χ2v) is 5.71. The molecule has 0 saturated heterocycles. The second kappa shape index (κ2) is 6.44. The van der Waals surface area contributed by atoms with Crippen LogP contribution in [0.3, 0.4) is 0 Å². The third-order valence-corrected chi connectivity index (χ3v) is 3.99. The lowest BCUT2D eigenvalue weighted by Gasteiger charge is -2.22. The molecule has 7 heteroatoms. The van der Waals surface area contributed by atoms with E-state index in [4.69, 9.17) is 0 Å². The number of nitrogens with zero attached hydrogens (tertiary/aromatic N) is 1. The molecule has 0 heterocycles. The van der Waals surface area contributed by atoms with Crippen molar-refractivity contribution in [3.05, 3.63) is 0 Å². The van der Waals surface area contributed by atoms with Crippen LogP contribution in [0.15, 0.2) is 0 Å². The van der Waals surface area contributed by atoms with E-state index in [-0.39, 0.29) is 12.3 Å². The van der Waals surface area contributed by atoms with Crippen molar-refractivity contribution >= 4 is 10.0 Å². The summed E-state index contributed by atoms with van der Waals surface area (Å²) >= 11 is 0. The Kier molecular flexibility index (Phi) is 6.32. The summed E-state index contributed by atoms with van der Waals surface area (Å²) in [6.07, 6.45) is -3.05. The molecule has 0 aromatic rings. The average molecular weight is 261 g/mol. The van der Waals surface area contributed by atoms with E-state index in [1.165, 1.54) is 0 Å². The zero-order valence-electron chi connectivity index (χ0n) is 9.55. The van der Waals surface area contributed by atoms with Crippen LogP contribution in [0.1, 0.15) is 33.1 Å². The molecule has 0 atom stereocenters. The van der Waals surface area contributed by atoms with E-state index in [9.17, 15) is 21.6 Å². The fraction of sp³-hybridized carbons (Fsp3) is 1.00. The Hall–Kier alpha value is -0.300. The molecule has 0 bridgehead atoms. The predicted octanol–water partition coefficient (Wildman–Crippen LogP) is 2.39. The fourth-order valence-corrected chi connectivity index (χ4v) is 2.76. The van der Waals surface area contributed by atoms with Gasteiger partial charge in [-0.25, -0.2) is 8.42 Å². The lowest BCUT2D eigenvalue weighted by atomic mass is 10.3. The van der Waals surface area contributed by atoms with E-state index >= 15 is 0 Å². The Morgan fingerprint density at radius 2 is 1.69 bits per heavy atom. The standard InChI is InChI=1S/C9H18F3NO2S/c1-3-5-6-13(8-9(10,11)12)16(14,15)7-4-2/h3-8H2,1-2H3. The molecule has 0 N–H and O–H groups in total. The first kappa shape index (κ1) is 15.7. The molecule has 0 radical (unpaired) electrons. The van der Waals surface area contributed by atoms with Crippen LogP contribution < -0.4 is 0 Å². The molecule has 0 aromatic carbocycles. The first-order valence-electron chi connectivity index (χ1n) is 5.27. The quantitative estimate of drug-likeness (QED) is 0.705. The third-order valence-electron chi connectivity index (χ3n) is 1.97. The second-order valence-electron chi connectivity index (χ2n) is 3.62. The summed E-state index contributed by atoms with van der Waals surface area (Å²) in [5.41, 5.74) is 0. The molecule has 0 aliphatic heterocycles. The van der Waals surface area contributed by atoms with Gasteiger partial charge in [0.2, 0.25) is 10.0 Å². The third kappa shape index (κ3) is 6.32. The number of hydrogen-bond donors (Lipinski definition) is 0. The van der Waals surface area contributed by atoms with Gasteiger partial charge in [-0.05, 0) is 12.8 Å². The molecule has 0 aromatic heterocycles. The Morgan fingerprint density at radius 3 is 2.06 bits per heavy atom. The highest BCUT2D eigenvalue weighted by Crippen LogP contribution is 2.19. The van der Waals surface area contributed by atoms with Gasteiger partial charge < -0.3 is 0 Å². The van der Waals surface area contributed by atoms with Crippen molar-refractivity contribution in [1.82, 2.24) is 4.31 Å². The predicted molar refractivity (Wildman–Crippen MR) is 56.6 cm³/mol. The van der Waals surface area contributed by atoms with Gasteiger partial charge in [0.05, 0.1) is 5.75 Å². The summed E-state index contributed by atoms with van der Waals surface area (Å²) in [6.45, 7) is 2.00. The minimum Gasteiger partial charge on any atom is -0.212 e. The highest BCUT2D eigenvalue weighted by Gasteiger charge is 2.35. The van der Waals surface area contributed by atoms with Gasteiger partial charge >= 0.3 is 6.18 Å². The molecule has 0 rings (SSSR count). The lowest BCUT2D eigenvalue weighted by molar-refractivity contribution is -0.136. The van der Waals surface area contributed by atoms with Crippen molar-refractivity contribution in [2.75, 3.05) is 18.8 Å². The zero-order valence-corrected chi connectivity index (χ0v) is 10.4. The van der Waals surface area contributed by atoms with Crippen LogP contribution >= 0.6 is 0 Å². The summed E-state index contributed by atoms with van der Waals surface area (Å²) in [5.74, 6) is -0.229. The monoisotopic (exact) mass is 261 g/mol. The molecule has 16 heavy (non-hydrogen) atoms. The van der Waals surface area contributed by atoms with E-state index in [2.05, 4.69) is 0 Å². The van der Waals surface area contributed by atoms with Gasteiger partial charge in [-0.2, -0.15) is 17.5 Å². The van der Waals surface area contributed by atoms with Crippen LogP contribution in [-0.4, -0.2) is 37.7 Å². The van der Waals surface area contributed by atoms with Gasteiger partial charge in [0, 0.05) is 6.54 Å². The van der Waals surface area contributed by atoms with Crippen molar-refractivity contribution in [3.8, 4) is 0 Å². The molecule has 0 unspecified atom stereocenters. The molecule has 0 amide bonds. The fourth-order valence-electron chi connectivity index (χ4n) is 1.24. The van der Waals surface area contributed by atoms with Crippen LogP contribution in [0.4, 0.5) is 13.2 Å². The number of alkyl halides is 3. The summed E-state index contributed by atoms with van der Waals surface area (Å²) in [5, 5.41) is 0. The van der Waals surface area contributed by atoms with Crippen LogP contribution in [0.2, 0.25) is 0 Å². The molecule has 98 valence electrons. The maximum absolute atomic E-state index is 12.2. The summed E-state index contributed by atoms with van der Waals surface area (Å²) < 4.78 is 60.2. The van der Waals surface area contributed by atoms with Crippen molar-refractivity contribution in [2.45, 2.75) is 39.3 Å². The van der Waals surface area contributed by atoms with E-state index in [0.29, 0.717) is 23.6 Å². The molecule has 0 spiro atoms. The summed E-state index contributed by atoms with van der Waals surface area (Å²) in [6, 6.07) is 0. The van der Waals surface area contributed by atoms with Crippen LogP contribution in [0.25, 0.3) is 0 Å². The highest BCUT2D eigenvalue weighted by atomic mass is 32.2. The van der Waals surface area contributed by atoms with Crippen LogP contribution in [-0.2, 0) is 10.0 Å². The molecule has 3 nitrogen and oxygen atoms in total. The Labute approximate surface area is 94.7 Å². The number of unbranched alkanes of at least 4 members (excludes halogenated alkanes) is 1. The summed E-state index contributed by atoms with van der Waals surface area (Å²) in [4.78, 5) is 0. The van der Waals surface area contributed by atoms with Gasteiger partial charge in [0.25, 0.3) is 0 Å². The molecule has 0 aliphatic carbocycles. The first-order valence-corrected chi connectivity index (χ1v) is 6.88. The Balaban J connectivity index is 4.66. The van der Waals surface area contributed by atoms with E-state index in [0.717, 1.165) is 0 Å². The topological polar surface area (TPSA) is 37.4 Å². The minimum absolute atomic E-state index is 0.0572. The minimum atomic E-state index is -4.48. The van der Waals surface area contributed by atoms with E-state index in [1.54, 1.807) is 13.8 Å². The van der Waals surface area contributed by atoms with Gasteiger partial charge in [-0.15, -0.1) is 0 Å². The van der Waals surface area contributed by atoms with E-state index < -0.39 is 22.7 Å².